The van der Waals surface area contributed by atoms with Gasteiger partial charge < -0.3 is 11.1 Å². The first kappa shape index (κ1) is 14.4. The van der Waals surface area contributed by atoms with Gasteiger partial charge in [-0.05, 0) is 43.2 Å². The lowest BCUT2D eigenvalue weighted by Crippen LogP contribution is -2.16. The second-order valence-corrected chi connectivity index (χ2v) is 5.09. The van der Waals surface area contributed by atoms with E-state index in [1.165, 1.54) is 12.1 Å². The molecule has 0 spiro atoms. The third kappa shape index (κ3) is 3.30. The molecule has 3 N–H and O–H groups in total. The van der Waals surface area contributed by atoms with Gasteiger partial charge in [-0.3, -0.25) is 0 Å². The Balaban J connectivity index is 2.27. The number of thiocarbonyl (C=S) groups is 1. The van der Waals surface area contributed by atoms with Crippen molar-refractivity contribution >= 4 is 23.0 Å². The molecule has 0 saturated carbocycles. The van der Waals surface area contributed by atoms with Gasteiger partial charge in [0.1, 0.15) is 16.6 Å². The number of anilines is 1. The van der Waals surface area contributed by atoms with Gasteiger partial charge in [0.25, 0.3) is 0 Å². The first-order valence-electron chi connectivity index (χ1n) is 6.23. The summed E-state index contributed by atoms with van der Waals surface area (Å²) in [6.45, 7) is 4.31. The molecule has 0 aliphatic heterocycles. The van der Waals surface area contributed by atoms with Gasteiger partial charge in [0, 0.05) is 12.2 Å². The fraction of sp³-hybridized carbons (Fsp3) is 0.200. The Labute approximate surface area is 123 Å². The second kappa shape index (κ2) is 5.96. The Kier molecular flexibility index (Phi) is 4.29. The molecule has 0 aliphatic rings. The molecule has 0 unspecified atom stereocenters. The molecule has 0 saturated heterocycles. The molecule has 0 fully saturated rings. The van der Waals surface area contributed by atoms with Gasteiger partial charge >= 0.3 is 0 Å². The number of aromatic nitrogens is 1. The zero-order valence-corrected chi connectivity index (χ0v) is 12.2. The lowest BCUT2D eigenvalue weighted by Gasteiger charge is -2.14. The first-order chi connectivity index (χ1) is 9.47. The van der Waals surface area contributed by atoms with Crippen LogP contribution in [0, 0.1) is 19.7 Å². The number of nitrogens with one attached hydrogen (secondary N) is 1. The van der Waals surface area contributed by atoms with Crippen molar-refractivity contribution in [2.75, 3.05) is 5.32 Å². The molecule has 5 heteroatoms. The van der Waals surface area contributed by atoms with E-state index in [-0.39, 0.29) is 5.82 Å². The zero-order valence-electron chi connectivity index (χ0n) is 11.4. The molecule has 0 aliphatic carbocycles. The molecule has 1 heterocycles. The first-order valence-corrected chi connectivity index (χ1v) is 6.64. The molecule has 0 atom stereocenters. The maximum Gasteiger partial charge on any atom is 0.137 e. The number of aryl methyl sites for hydroxylation is 2. The second-order valence-electron chi connectivity index (χ2n) is 4.65. The minimum absolute atomic E-state index is 0.257. The third-order valence-corrected chi connectivity index (χ3v) is 3.14. The van der Waals surface area contributed by atoms with E-state index in [2.05, 4.69) is 10.3 Å². The van der Waals surface area contributed by atoms with Gasteiger partial charge in [0.05, 0.1) is 5.56 Å². The van der Waals surface area contributed by atoms with Gasteiger partial charge in [-0.2, -0.15) is 0 Å². The van der Waals surface area contributed by atoms with Crippen LogP contribution in [0.3, 0.4) is 0 Å². The van der Waals surface area contributed by atoms with Crippen LogP contribution in [0.25, 0.3) is 0 Å². The summed E-state index contributed by atoms with van der Waals surface area (Å²) in [6.07, 6.45) is 0. The summed E-state index contributed by atoms with van der Waals surface area (Å²) in [5.74, 6) is 0.381. The zero-order chi connectivity index (χ0) is 14.7. The Hall–Kier alpha value is -2.01. The molecule has 104 valence electrons. The summed E-state index contributed by atoms with van der Waals surface area (Å²) in [5, 5.41) is 3.17. The Bertz CT molecular complexity index is 656. The maximum atomic E-state index is 13.1. The maximum absolute atomic E-state index is 13.1. The predicted octanol–water partition coefficient (Wildman–Crippen LogP) is 3.08. The van der Waals surface area contributed by atoms with Gasteiger partial charge in [-0.1, -0.05) is 24.4 Å². The normalized spacial score (nSPS) is 10.3. The average molecular weight is 289 g/mol. The lowest BCUT2D eigenvalue weighted by molar-refractivity contribution is 0.626. The average Bonchev–Trinajstić information content (AvgIpc) is 2.35. The molecule has 0 amide bonds. The van der Waals surface area contributed by atoms with Crippen molar-refractivity contribution in [1.29, 1.82) is 0 Å². The smallest absolute Gasteiger partial charge is 0.137 e. The topological polar surface area (TPSA) is 50.9 Å². The fourth-order valence-corrected chi connectivity index (χ4v) is 2.37. The van der Waals surface area contributed by atoms with Crippen molar-refractivity contribution in [3.63, 3.8) is 0 Å². The van der Waals surface area contributed by atoms with E-state index in [1.807, 2.05) is 26.0 Å². The number of nitrogens with two attached hydrogens (primary N) is 1. The highest BCUT2D eigenvalue weighted by atomic mass is 32.1. The highest BCUT2D eigenvalue weighted by molar-refractivity contribution is 7.80. The van der Waals surface area contributed by atoms with Crippen LogP contribution >= 0.6 is 12.2 Å². The van der Waals surface area contributed by atoms with Gasteiger partial charge in [0.2, 0.25) is 0 Å². The molecule has 0 bridgehead atoms. The summed E-state index contributed by atoms with van der Waals surface area (Å²) in [6, 6.07) is 8.35. The molecular weight excluding hydrogens is 273 g/mol. The van der Waals surface area contributed by atoms with Crippen molar-refractivity contribution in [1.82, 2.24) is 4.98 Å². The number of rotatable bonds is 4. The van der Waals surface area contributed by atoms with Crippen molar-refractivity contribution in [2.45, 2.75) is 20.4 Å². The van der Waals surface area contributed by atoms with E-state index in [9.17, 15) is 4.39 Å². The van der Waals surface area contributed by atoms with Crippen LogP contribution < -0.4 is 11.1 Å². The van der Waals surface area contributed by atoms with Crippen molar-refractivity contribution in [3.05, 3.63) is 58.5 Å². The van der Waals surface area contributed by atoms with E-state index in [4.69, 9.17) is 18.0 Å². The van der Waals surface area contributed by atoms with E-state index in [0.717, 1.165) is 22.4 Å². The Morgan fingerprint density at radius 1 is 1.35 bits per heavy atom. The summed E-state index contributed by atoms with van der Waals surface area (Å²) in [7, 11) is 0. The fourth-order valence-electron chi connectivity index (χ4n) is 2.11. The number of benzene rings is 1. The molecule has 2 rings (SSSR count). The van der Waals surface area contributed by atoms with Crippen molar-refractivity contribution in [2.24, 2.45) is 5.73 Å². The Morgan fingerprint density at radius 3 is 2.75 bits per heavy atom. The van der Waals surface area contributed by atoms with E-state index in [1.54, 1.807) is 6.07 Å². The van der Waals surface area contributed by atoms with Gasteiger partial charge in [-0.25, -0.2) is 9.37 Å². The van der Waals surface area contributed by atoms with E-state index < -0.39 is 0 Å². The van der Waals surface area contributed by atoms with Crippen LogP contribution in [0.4, 0.5) is 10.2 Å². The molecule has 1 aromatic heterocycles. The minimum Gasteiger partial charge on any atom is -0.389 e. The van der Waals surface area contributed by atoms with Crippen LogP contribution in [0.1, 0.15) is 22.4 Å². The number of hydrogen-bond donors (Lipinski definition) is 2. The van der Waals surface area contributed by atoms with Crippen molar-refractivity contribution in [3.8, 4) is 0 Å². The summed E-state index contributed by atoms with van der Waals surface area (Å²) in [5.41, 5.74) is 9.18. The molecule has 20 heavy (non-hydrogen) atoms. The van der Waals surface area contributed by atoms with Crippen LogP contribution in [-0.2, 0) is 6.54 Å². The van der Waals surface area contributed by atoms with Crippen LogP contribution in [0.5, 0.6) is 0 Å². The predicted molar refractivity (Wildman–Crippen MR) is 83.3 cm³/mol. The number of halogens is 1. The summed E-state index contributed by atoms with van der Waals surface area (Å²) in [4.78, 5) is 4.72. The lowest BCUT2D eigenvalue weighted by atomic mass is 10.1. The van der Waals surface area contributed by atoms with Crippen molar-refractivity contribution < 1.29 is 4.39 Å². The molecule has 1 aromatic carbocycles. The molecule has 3 nitrogen and oxygen atoms in total. The third-order valence-electron chi connectivity index (χ3n) is 2.94. The van der Waals surface area contributed by atoms with E-state index in [0.29, 0.717) is 17.4 Å². The Morgan fingerprint density at radius 2 is 2.10 bits per heavy atom. The summed E-state index contributed by atoms with van der Waals surface area (Å²) < 4.78 is 13.1. The van der Waals surface area contributed by atoms with Crippen LogP contribution in [0.15, 0.2) is 30.3 Å². The highest BCUT2D eigenvalue weighted by Crippen LogP contribution is 2.19. The largest absolute Gasteiger partial charge is 0.389 e. The SMILES string of the molecule is Cc1cc(C)c(C(N)=S)c(NCc2cccc(F)c2)n1. The van der Waals surface area contributed by atoms with Crippen LogP contribution in [-0.4, -0.2) is 9.97 Å². The molecule has 0 radical (unpaired) electrons. The number of hydrogen-bond acceptors (Lipinski definition) is 3. The standard InChI is InChI=1S/C15H16FN3S/c1-9-6-10(2)19-15(13(9)14(17)20)18-8-11-4-3-5-12(16)7-11/h3-7H,8H2,1-2H3,(H2,17,20)(H,18,19). The highest BCUT2D eigenvalue weighted by Gasteiger charge is 2.11. The summed E-state index contributed by atoms with van der Waals surface area (Å²) >= 11 is 5.07. The quantitative estimate of drug-likeness (QED) is 0.849. The number of pyridine rings is 1. The molecule has 2 aromatic rings. The van der Waals surface area contributed by atoms with Crippen LogP contribution in [0.2, 0.25) is 0 Å². The monoisotopic (exact) mass is 289 g/mol. The van der Waals surface area contributed by atoms with Gasteiger partial charge in [0.15, 0.2) is 0 Å². The molecular formula is C15H16FN3S. The minimum atomic E-state index is -0.257. The number of nitrogens with zero attached hydrogens (tertiary/aromatic N) is 1. The van der Waals surface area contributed by atoms with Gasteiger partial charge in [-0.15, -0.1) is 0 Å². The van der Waals surface area contributed by atoms with E-state index >= 15 is 0 Å².